The molecular weight excluding hydrogens is 749 g/mol. The van der Waals surface area contributed by atoms with Crippen molar-refractivity contribution in [2.45, 2.75) is 269 Å². The minimum Gasteiger partial charge on any atom is -0.462 e. The summed E-state index contributed by atoms with van der Waals surface area (Å²) in [7, 11) is 0. The van der Waals surface area contributed by atoms with Gasteiger partial charge in [-0.05, 0) is 38.5 Å². The third-order valence-electron chi connectivity index (χ3n) is 11.7. The number of carbonyl (C=O) groups excluding carboxylic acids is 2. The summed E-state index contributed by atoms with van der Waals surface area (Å²) in [6.07, 6.45) is 36.4. The van der Waals surface area contributed by atoms with Gasteiger partial charge in [-0.25, -0.2) is 0 Å². The van der Waals surface area contributed by atoms with Crippen LogP contribution >= 0.6 is 0 Å². The van der Waals surface area contributed by atoms with E-state index >= 15 is 0 Å². The number of unbranched alkanes of at least 4 members (excludes halogenated alkanes) is 29. The molecule has 1 heterocycles. The monoisotopic (exact) mass is 841 g/mol. The zero-order chi connectivity index (χ0) is 43.0. The van der Waals surface area contributed by atoms with Crippen LogP contribution in [-0.4, -0.2) is 89.0 Å². The van der Waals surface area contributed by atoms with Gasteiger partial charge in [-0.2, -0.15) is 0 Å². The van der Waals surface area contributed by atoms with Crippen LogP contribution in [0.4, 0.5) is 0 Å². The number of hydrogen-bond donors (Lipinski definition) is 4. The molecule has 0 aromatic heterocycles. The molecule has 0 saturated carbocycles. The van der Waals surface area contributed by atoms with Crippen LogP contribution in [0, 0.1) is 0 Å². The predicted octanol–water partition coefficient (Wildman–Crippen LogP) is 11.1. The van der Waals surface area contributed by atoms with Crippen LogP contribution in [0.3, 0.4) is 0 Å². The molecule has 6 atom stereocenters. The largest absolute Gasteiger partial charge is 0.462 e. The van der Waals surface area contributed by atoms with Crippen molar-refractivity contribution in [1.82, 2.24) is 0 Å². The fourth-order valence-electron chi connectivity index (χ4n) is 7.71. The van der Waals surface area contributed by atoms with Crippen LogP contribution in [0.2, 0.25) is 0 Å². The summed E-state index contributed by atoms with van der Waals surface area (Å²) in [5.41, 5.74) is 0. The van der Waals surface area contributed by atoms with Gasteiger partial charge in [0.05, 0.1) is 13.2 Å². The standard InChI is InChI=1S/C49H92O10/c1-3-5-7-9-11-13-15-17-19-21-22-24-26-28-30-32-34-36-38-45(52)58-42(41-57-49-48(55)47(54)46(53)43(39-50)59-49)40-56-44(51)37-35-33-31-29-27-25-23-20-18-16-14-12-10-8-6-4-2/h19,21,42-43,46-50,53-55H,3-18,20,22-41H2,1-2H3/b21-19-. The van der Waals surface area contributed by atoms with E-state index in [0.29, 0.717) is 6.42 Å². The Kier molecular flexibility index (Phi) is 38.1. The number of aliphatic hydroxyl groups is 4. The Bertz CT molecular complexity index is 974. The van der Waals surface area contributed by atoms with E-state index < -0.39 is 49.4 Å². The quantitative estimate of drug-likeness (QED) is 0.0265. The normalized spacial score (nSPS) is 20.0. The minimum absolute atomic E-state index is 0.213. The molecule has 59 heavy (non-hydrogen) atoms. The number of esters is 2. The van der Waals surface area contributed by atoms with Gasteiger partial charge in [0.25, 0.3) is 0 Å². The molecule has 10 nitrogen and oxygen atoms in total. The van der Waals surface area contributed by atoms with Crippen molar-refractivity contribution in [3.05, 3.63) is 12.2 Å². The van der Waals surface area contributed by atoms with Gasteiger partial charge >= 0.3 is 11.9 Å². The summed E-state index contributed by atoms with van der Waals surface area (Å²) in [6, 6.07) is 0. The highest BCUT2D eigenvalue weighted by Gasteiger charge is 2.44. The van der Waals surface area contributed by atoms with Crippen LogP contribution in [-0.2, 0) is 28.5 Å². The third kappa shape index (κ3) is 31.9. The summed E-state index contributed by atoms with van der Waals surface area (Å²) in [5, 5.41) is 40.1. The van der Waals surface area contributed by atoms with Crippen LogP contribution in [0.25, 0.3) is 0 Å². The first kappa shape index (κ1) is 55.5. The fourth-order valence-corrected chi connectivity index (χ4v) is 7.71. The smallest absolute Gasteiger partial charge is 0.306 e. The van der Waals surface area contributed by atoms with Crippen molar-refractivity contribution in [3.63, 3.8) is 0 Å². The minimum atomic E-state index is -1.59. The molecular formula is C49H92O10. The molecule has 0 amide bonds. The van der Waals surface area contributed by atoms with Crippen LogP contribution < -0.4 is 0 Å². The summed E-state index contributed by atoms with van der Waals surface area (Å²) in [6.45, 7) is 3.45. The molecule has 0 radical (unpaired) electrons. The van der Waals surface area contributed by atoms with E-state index in [1.807, 2.05) is 0 Å². The lowest BCUT2D eigenvalue weighted by Gasteiger charge is -2.39. The molecule has 4 N–H and O–H groups in total. The van der Waals surface area contributed by atoms with Crippen molar-refractivity contribution >= 4 is 11.9 Å². The fraction of sp³-hybridized carbons (Fsp3) is 0.918. The average molecular weight is 841 g/mol. The second-order valence-electron chi connectivity index (χ2n) is 17.3. The van der Waals surface area contributed by atoms with Crippen LogP contribution in [0.15, 0.2) is 12.2 Å². The van der Waals surface area contributed by atoms with Crippen molar-refractivity contribution in [2.75, 3.05) is 19.8 Å². The maximum atomic E-state index is 12.8. The molecule has 1 aliphatic heterocycles. The summed E-state index contributed by atoms with van der Waals surface area (Å²) < 4.78 is 22.2. The molecule has 1 saturated heterocycles. The van der Waals surface area contributed by atoms with Crippen LogP contribution in [0.5, 0.6) is 0 Å². The van der Waals surface area contributed by atoms with E-state index in [-0.39, 0.29) is 32.0 Å². The maximum Gasteiger partial charge on any atom is 0.306 e. The second kappa shape index (κ2) is 40.5. The van der Waals surface area contributed by atoms with Gasteiger partial charge < -0.3 is 39.4 Å². The van der Waals surface area contributed by atoms with Gasteiger partial charge in [-0.15, -0.1) is 0 Å². The molecule has 1 aliphatic rings. The molecule has 348 valence electrons. The molecule has 1 fully saturated rings. The summed E-state index contributed by atoms with van der Waals surface area (Å²) in [5.74, 6) is -0.798. The Morgan fingerprint density at radius 2 is 0.898 bits per heavy atom. The highest BCUT2D eigenvalue weighted by molar-refractivity contribution is 5.70. The Balaban J connectivity index is 2.28. The molecule has 0 aromatic carbocycles. The number of rotatable bonds is 42. The van der Waals surface area contributed by atoms with Crippen molar-refractivity contribution in [1.29, 1.82) is 0 Å². The topological polar surface area (TPSA) is 152 Å². The molecule has 0 bridgehead atoms. The lowest BCUT2D eigenvalue weighted by Crippen LogP contribution is -2.59. The van der Waals surface area contributed by atoms with Gasteiger partial charge in [0, 0.05) is 12.8 Å². The van der Waals surface area contributed by atoms with E-state index in [4.69, 9.17) is 18.9 Å². The SMILES string of the molecule is CCCCCCCCC/C=C\CCCCCCCCCC(=O)OC(COC(=O)CCCCCCCCCCCCCCCCCC)COC1OC(CO)C(O)C(O)C1O. The number of ether oxygens (including phenoxy) is 4. The number of carbonyl (C=O) groups is 2. The maximum absolute atomic E-state index is 12.8. The molecule has 6 unspecified atom stereocenters. The molecule has 1 rings (SSSR count). The predicted molar refractivity (Wildman–Crippen MR) is 238 cm³/mol. The zero-order valence-corrected chi connectivity index (χ0v) is 38.0. The molecule has 10 heteroatoms. The Morgan fingerprint density at radius 1 is 0.508 bits per heavy atom. The first-order chi connectivity index (χ1) is 28.8. The number of aliphatic hydroxyl groups excluding tert-OH is 4. The Hall–Kier alpha value is -1.56. The van der Waals surface area contributed by atoms with Gasteiger partial charge in [0.1, 0.15) is 31.0 Å². The molecule has 0 aromatic rings. The highest BCUT2D eigenvalue weighted by Crippen LogP contribution is 2.23. The van der Waals surface area contributed by atoms with Gasteiger partial charge in [-0.3, -0.25) is 9.59 Å². The second-order valence-corrected chi connectivity index (χ2v) is 17.3. The summed E-state index contributed by atoms with van der Waals surface area (Å²) >= 11 is 0. The van der Waals surface area contributed by atoms with Gasteiger partial charge in [-0.1, -0.05) is 193 Å². The van der Waals surface area contributed by atoms with Gasteiger partial charge in [0.15, 0.2) is 12.4 Å². The van der Waals surface area contributed by atoms with E-state index in [0.717, 1.165) is 44.9 Å². The zero-order valence-electron chi connectivity index (χ0n) is 38.0. The van der Waals surface area contributed by atoms with E-state index in [2.05, 4.69) is 26.0 Å². The first-order valence-electron chi connectivity index (χ1n) is 24.8. The number of allylic oxidation sites excluding steroid dienone is 2. The number of hydrogen-bond acceptors (Lipinski definition) is 10. The van der Waals surface area contributed by atoms with E-state index in [1.165, 1.54) is 154 Å². The lowest BCUT2D eigenvalue weighted by molar-refractivity contribution is -0.305. The first-order valence-corrected chi connectivity index (χ1v) is 24.8. The van der Waals surface area contributed by atoms with E-state index in [1.54, 1.807) is 0 Å². The lowest BCUT2D eigenvalue weighted by atomic mass is 9.99. The van der Waals surface area contributed by atoms with Gasteiger partial charge in [0.2, 0.25) is 0 Å². The molecule has 0 aliphatic carbocycles. The van der Waals surface area contributed by atoms with Crippen molar-refractivity contribution in [3.8, 4) is 0 Å². The Morgan fingerprint density at radius 3 is 1.32 bits per heavy atom. The van der Waals surface area contributed by atoms with Crippen molar-refractivity contribution in [2.24, 2.45) is 0 Å². The highest BCUT2D eigenvalue weighted by atomic mass is 16.7. The average Bonchev–Trinajstić information content (AvgIpc) is 3.23. The van der Waals surface area contributed by atoms with Crippen molar-refractivity contribution < 1.29 is 49.0 Å². The van der Waals surface area contributed by atoms with E-state index in [9.17, 15) is 30.0 Å². The Labute approximate surface area is 361 Å². The molecule has 0 spiro atoms. The summed E-state index contributed by atoms with van der Waals surface area (Å²) in [4.78, 5) is 25.4. The third-order valence-corrected chi connectivity index (χ3v) is 11.7. The van der Waals surface area contributed by atoms with Crippen LogP contribution in [0.1, 0.15) is 232 Å².